The molecule has 1 amide bonds. The third kappa shape index (κ3) is 6.07. The molecule has 0 aromatic carbocycles. The zero-order chi connectivity index (χ0) is 13.5. The summed E-state index contributed by atoms with van der Waals surface area (Å²) in [6.45, 7) is 3.38. The van der Waals surface area contributed by atoms with Crippen LogP contribution in [0.3, 0.4) is 0 Å². The van der Waals surface area contributed by atoms with Crippen molar-refractivity contribution >= 4 is 21.8 Å². The number of nitrogens with one attached hydrogen (secondary N) is 2. The molecule has 0 aliphatic carbocycles. The molecule has 5 N–H and O–H groups in total. The number of nitrogens with two attached hydrogens (primary N) is 1. The van der Waals surface area contributed by atoms with E-state index in [9.17, 15) is 13.2 Å². The lowest BCUT2D eigenvalue weighted by molar-refractivity contribution is -0.122. The van der Waals surface area contributed by atoms with Gasteiger partial charge in [-0.3, -0.25) is 4.79 Å². The summed E-state index contributed by atoms with van der Waals surface area (Å²) < 4.78 is 24.7. The molecule has 0 heterocycles. The standard InChI is InChI=1S/C8H18N4O4S/c1-3-11-17(15,16)5-4-10-8(13)6(2)7(9)12-14/h6,11,14H,3-5H2,1-2H3,(H2,9,12)(H,10,13). The molecule has 17 heavy (non-hydrogen) atoms. The molecule has 0 bridgehead atoms. The summed E-state index contributed by atoms with van der Waals surface area (Å²) in [7, 11) is -3.35. The zero-order valence-electron chi connectivity index (χ0n) is 9.80. The quantitative estimate of drug-likeness (QED) is 0.191. The van der Waals surface area contributed by atoms with Crippen LogP contribution in [0.4, 0.5) is 0 Å². The van der Waals surface area contributed by atoms with Crippen molar-refractivity contribution in [2.45, 2.75) is 13.8 Å². The average Bonchev–Trinajstić information content (AvgIpc) is 2.26. The number of sulfonamides is 1. The van der Waals surface area contributed by atoms with Crippen molar-refractivity contribution in [2.75, 3.05) is 18.8 Å². The van der Waals surface area contributed by atoms with Gasteiger partial charge in [-0.05, 0) is 6.92 Å². The highest BCUT2D eigenvalue weighted by Crippen LogP contribution is 1.94. The normalized spacial score (nSPS) is 14.4. The molecule has 100 valence electrons. The second kappa shape index (κ2) is 7.07. The summed E-state index contributed by atoms with van der Waals surface area (Å²) >= 11 is 0. The molecule has 0 spiro atoms. The fraction of sp³-hybridized carbons (Fsp3) is 0.750. The summed E-state index contributed by atoms with van der Waals surface area (Å²) in [5, 5.41) is 13.4. The van der Waals surface area contributed by atoms with Crippen molar-refractivity contribution in [3.8, 4) is 0 Å². The van der Waals surface area contributed by atoms with E-state index >= 15 is 0 Å². The molecule has 0 aliphatic rings. The Morgan fingerprint density at radius 3 is 2.59 bits per heavy atom. The van der Waals surface area contributed by atoms with Gasteiger partial charge in [-0.2, -0.15) is 0 Å². The summed E-state index contributed by atoms with van der Waals surface area (Å²) in [6, 6.07) is 0. The number of amides is 1. The fourth-order valence-electron chi connectivity index (χ4n) is 0.975. The second-order valence-corrected chi connectivity index (χ2v) is 5.28. The molecule has 9 heteroatoms. The molecule has 0 fully saturated rings. The van der Waals surface area contributed by atoms with Crippen molar-refractivity contribution in [3.63, 3.8) is 0 Å². The Balaban J connectivity index is 4.11. The van der Waals surface area contributed by atoms with Gasteiger partial charge in [0.1, 0.15) is 0 Å². The molecule has 0 rings (SSSR count). The van der Waals surface area contributed by atoms with Gasteiger partial charge in [-0.1, -0.05) is 12.1 Å². The number of carbonyl (C=O) groups excluding carboxylic acids is 1. The fourth-order valence-corrected chi connectivity index (χ4v) is 1.93. The molecule has 1 unspecified atom stereocenters. The van der Waals surface area contributed by atoms with Crippen molar-refractivity contribution in [1.29, 1.82) is 0 Å². The highest BCUT2D eigenvalue weighted by molar-refractivity contribution is 7.89. The highest BCUT2D eigenvalue weighted by atomic mass is 32.2. The predicted octanol–water partition coefficient (Wildman–Crippen LogP) is -1.58. The van der Waals surface area contributed by atoms with Gasteiger partial charge in [-0.25, -0.2) is 13.1 Å². The van der Waals surface area contributed by atoms with Crippen molar-refractivity contribution in [2.24, 2.45) is 16.8 Å². The van der Waals surface area contributed by atoms with E-state index in [1.807, 2.05) is 0 Å². The van der Waals surface area contributed by atoms with Crippen molar-refractivity contribution in [1.82, 2.24) is 10.0 Å². The monoisotopic (exact) mass is 266 g/mol. The van der Waals surface area contributed by atoms with Crippen LogP contribution in [0.2, 0.25) is 0 Å². The Bertz CT molecular complexity index is 379. The number of hydrogen-bond donors (Lipinski definition) is 4. The van der Waals surface area contributed by atoms with Crippen LogP contribution < -0.4 is 15.8 Å². The Hall–Kier alpha value is -1.35. The maximum Gasteiger partial charge on any atom is 0.230 e. The van der Waals surface area contributed by atoms with Crippen LogP contribution in [0.1, 0.15) is 13.8 Å². The van der Waals surface area contributed by atoms with Gasteiger partial charge in [0, 0.05) is 13.1 Å². The van der Waals surface area contributed by atoms with Crippen molar-refractivity contribution < 1.29 is 18.4 Å². The number of amidine groups is 1. The second-order valence-electron chi connectivity index (χ2n) is 3.35. The Kier molecular flexibility index (Phi) is 6.51. The topological polar surface area (TPSA) is 134 Å². The van der Waals surface area contributed by atoms with Gasteiger partial charge in [-0.15, -0.1) is 0 Å². The van der Waals surface area contributed by atoms with Gasteiger partial charge in [0.25, 0.3) is 0 Å². The van der Waals surface area contributed by atoms with Crippen LogP contribution in [0, 0.1) is 5.92 Å². The smallest absolute Gasteiger partial charge is 0.230 e. The minimum absolute atomic E-state index is 0.0305. The van der Waals surface area contributed by atoms with E-state index in [1.54, 1.807) is 6.92 Å². The van der Waals surface area contributed by atoms with Crippen LogP contribution in [-0.4, -0.2) is 44.2 Å². The first-order chi connectivity index (χ1) is 7.84. The number of carbonyl (C=O) groups is 1. The Morgan fingerprint density at radius 2 is 2.12 bits per heavy atom. The van der Waals surface area contributed by atoms with Gasteiger partial charge in [0.15, 0.2) is 5.84 Å². The van der Waals surface area contributed by atoms with E-state index in [-0.39, 0.29) is 18.1 Å². The average molecular weight is 266 g/mol. The van der Waals surface area contributed by atoms with Crippen LogP contribution >= 0.6 is 0 Å². The number of nitrogens with zero attached hydrogens (tertiary/aromatic N) is 1. The first-order valence-electron chi connectivity index (χ1n) is 5.06. The number of rotatable bonds is 7. The molecule has 8 nitrogen and oxygen atoms in total. The number of hydrogen-bond acceptors (Lipinski definition) is 5. The molecule has 0 radical (unpaired) electrons. The van der Waals surface area contributed by atoms with E-state index in [1.165, 1.54) is 6.92 Å². The van der Waals surface area contributed by atoms with E-state index in [4.69, 9.17) is 10.9 Å². The van der Waals surface area contributed by atoms with Gasteiger partial charge in [0.05, 0.1) is 11.7 Å². The number of oxime groups is 1. The molecule has 0 aliphatic heterocycles. The first-order valence-corrected chi connectivity index (χ1v) is 6.71. The largest absolute Gasteiger partial charge is 0.409 e. The summed E-state index contributed by atoms with van der Waals surface area (Å²) in [5.74, 6) is -1.74. The predicted molar refractivity (Wildman–Crippen MR) is 63.0 cm³/mol. The van der Waals surface area contributed by atoms with E-state index < -0.39 is 21.8 Å². The van der Waals surface area contributed by atoms with Crippen LogP contribution in [0.25, 0.3) is 0 Å². The molecule has 0 saturated heterocycles. The van der Waals surface area contributed by atoms with E-state index in [0.29, 0.717) is 6.54 Å². The van der Waals surface area contributed by atoms with E-state index in [2.05, 4.69) is 15.2 Å². The summed E-state index contributed by atoms with van der Waals surface area (Å²) in [4.78, 5) is 11.4. The van der Waals surface area contributed by atoms with Gasteiger partial charge >= 0.3 is 0 Å². The lowest BCUT2D eigenvalue weighted by atomic mass is 10.1. The molecule has 0 saturated carbocycles. The van der Waals surface area contributed by atoms with Crippen LogP contribution in [0.5, 0.6) is 0 Å². The first kappa shape index (κ1) is 15.7. The van der Waals surface area contributed by atoms with Crippen LogP contribution in [0.15, 0.2) is 5.16 Å². The maximum absolute atomic E-state index is 11.4. The summed E-state index contributed by atoms with van der Waals surface area (Å²) in [6.07, 6.45) is 0. The Morgan fingerprint density at radius 1 is 1.53 bits per heavy atom. The van der Waals surface area contributed by atoms with Gasteiger partial charge < -0.3 is 16.3 Å². The van der Waals surface area contributed by atoms with Gasteiger partial charge in [0.2, 0.25) is 15.9 Å². The summed E-state index contributed by atoms with van der Waals surface area (Å²) in [5.41, 5.74) is 5.23. The lowest BCUT2D eigenvalue weighted by Gasteiger charge is -2.10. The molecular weight excluding hydrogens is 248 g/mol. The highest BCUT2D eigenvalue weighted by Gasteiger charge is 2.17. The minimum Gasteiger partial charge on any atom is -0.409 e. The Labute approximate surface area is 100 Å². The lowest BCUT2D eigenvalue weighted by Crippen LogP contribution is -2.40. The molecule has 0 aromatic rings. The van der Waals surface area contributed by atoms with E-state index in [0.717, 1.165) is 0 Å². The third-order valence-electron chi connectivity index (χ3n) is 1.99. The minimum atomic E-state index is -3.35. The van der Waals surface area contributed by atoms with Crippen LogP contribution in [-0.2, 0) is 14.8 Å². The SMILES string of the molecule is CCNS(=O)(=O)CCNC(=O)C(C)C(N)=NO. The molecule has 1 atom stereocenters. The molecule has 0 aromatic heterocycles. The maximum atomic E-state index is 11.4. The zero-order valence-corrected chi connectivity index (χ0v) is 10.6. The molecular formula is C8H18N4O4S. The van der Waals surface area contributed by atoms with Crippen molar-refractivity contribution in [3.05, 3.63) is 0 Å². The third-order valence-corrected chi connectivity index (χ3v) is 3.46.